The van der Waals surface area contributed by atoms with E-state index in [2.05, 4.69) is 20.6 Å². The lowest BCUT2D eigenvalue weighted by Crippen LogP contribution is -2.36. The number of rotatable bonds is 6. The molecule has 0 radical (unpaired) electrons. The van der Waals surface area contributed by atoms with Gasteiger partial charge < -0.3 is 10.6 Å². The molecule has 10 heteroatoms. The monoisotopic (exact) mass is 549 g/mol. The van der Waals surface area contributed by atoms with Crippen molar-refractivity contribution in [3.63, 3.8) is 0 Å². The van der Waals surface area contributed by atoms with Gasteiger partial charge in [-0.25, -0.2) is 13.4 Å². The fraction of sp³-hybridized carbons (Fsp3) is 0.474. The van der Waals surface area contributed by atoms with Crippen LogP contribution in [-0.2, 0) is 23.1 Å². The second kappa shape index (κ2) is 10.7. The first-order valence-electron chi connectivity index (χ1n) is 9.36. The summed E-state index contributed by atoms with van der Waals surface area (Å²) in [5.74, 6) is 0.694. The maximum Gasteiger partial charge on any atom is 0.243 e. The van der Waals surface area contributed by atoms with E-state index < -0.39 is 10.0 Å². The molecule has 0 saturated carbocycles. The number of halogens is 1. The average molecular weight is 550 g/mol. The van der Waals surface area contributed by atoms with Gasteiger partial charge in [0.05, 0.1) is 22.1 Å². The normalized spacial score (nSPS) is 15.2. The maximum absolute atomic E-state index is 12.6. The molecule has 2 N–H and O–H groups in total. The summed E-state index contributed by atoms with van der Waals surface area (Å²) >= 11 is 1.68. The highest BCUT2D eigenvalue weighted by atomic mass is 127. The molecule has 1 aromatic heterocycles. The van der Waals surface area contributed by atoms with E-state index in [0.29, 0.717) is 37.0 Å². The second-order valence-electron chi connectivity index (χ2n) is 6.78. The van der Waals surface area contributed by atoms with E-state index in [4.69, 9.17) is 0 Å². The van der Waals surface area contributed by atoms with Crippen LogP contribution in [0.4, 0.5) is 0 Å². The van der Waals surface area contributed by atoms with Crippen LogP contribution in [0.15, 0.2) is 34.2 Å². The molecular weight excluding hydrogens is 521 g/mol. The zero-order valence-electron chi connectivity index (χ0n) is 16.9. The van der Waals surface area contributed by atoms with Gasteiger partial charge in [0, 0.05) is 31.6 Å². The number of sulfonamides is 1. The molecular formula is C19H28IN5O2S2. The first-order valence-corrected chi connectivity index (χ1v) is 11.6. The number of nitrogens with zero attached hydrogens (tertiary/aromatic N) is 3. The summed E-state index contributed by atoms with van der Waals surface area (Å²) in [4.78, 5) is 10.2. The third-order valence-electron chi connectivity index (χ3n) is 4.73. The molecule has 1 fully saturated rings. The topological polar surface area (TPSA) is 86.7 Å². The quantitative estimate of drug-likeness (QED) is 0.329. The lowest BCUT2D eigenvalue weighted by molar-refractivity contribution is 0.477. The number of hydrogen-bond donors (Lipinski definition) is 2. The lowest BCUT2D eigenvalue weighted by atomic mass is 10.2. The fourth-order valence-electron chi connectivity index (χ4n) is 3.16. The molecule has 160 valence electrons. The molecule has 0 atom stereocenters. The Morgan fingerprint density at radius 2 is 1.76 bits per heavy atom. The van der Waals surface area contributed by atoms with Gasteiger partial charge in [-0.15, -0.1) is 35.3 Å². The Morgan fingerprint density at radius 3 is 2.31 bits per heavy atom. The Bertz CT molecular complexity index is 936. The molecule has 0 unspecified atom stereocenters. The minimum Gasteiger partial charge on any atom is -0.352 e. The van der Waals surface area contributed by atoms with E-state index in [1.807, 2.05) is 26.0 Å². The summed E-state index contributed by atoms with van der Waals surface area (Å²) in [5, 5.41) is 7.61. The number of benzene rings is 1. The van der Waals surface area contributed by atoms with Gasteiger partial charge in [-0.1, -0.05) is 12.1 Å². The van der Waals surface area contributed by atoms with E-state index in [1.165, 1.54) is 4.88 Å². The van der Waals surface area contributed by atoms with E-state index in [0.717, 1.165) is 29.1 Å². The van der Waals surface area contributed by atoms with Gasteiger partial charge in [-0.3, -0.25) is 4.99 Å². The fourth-order valence-corrected chi connectivity index (χ4v) is 5.56. The van der Waals surface area contributed by atoms with E-state index in [-0.39, 0.29) is 24.0 Å². The summed E-state index contributed by atoms with van der Waals surface area (Å²) in [6.07, 6.45) is 1.88. The predicted octanol–water partition coefficient (Wildman–Crippen LogP) is 3.03. The molecule has 1 aliphatic rings. The van der Waals surface area contributed by atoms with Crippen molar-refractivity contribution in [2.24, 2.45) is 4.99 Å². The molecule has 1 aromatic carbocycles. The van der Waals surface area contributed by atoms with Gasteiger partial charge in [0.1, 0.15) is 0 Å². The SMILES string of the molecule is CN=C(NCc1ccc(S(=O)(=O)N2CCCC2)cc1)NCc1sc(C)nc1C.I. The van der Waals surface area contributed by atoms with Gasteiger partial charge in [0.25, 0.3) is 0 Å². The van der Waals surface area contributed by atoms with Crippen molar-refractivity contribution in [1.82, 2.24) is 19.9 Å². The highest BCUT2D eigenvalue weighted by Crippen LogP contribution is 2.21. The zero-order valence-corrected chi connectivity index (χ0v) is 20.9. The molecule has 1 saturated heterocycles. The molecule has 0 spiro atoms. The lowest BCUT2D eigenvalue weighted by Gasteiger charge is -2.16. The van der Waals surface area contributed by atoms with E-state index in [1.54, 1.807) is 34.8 Å². The second-order valence-corrected chi connectivity index (χ2v) is 10.0. The minimum absolute atomic E-state index is 0. The number of hydrogen-bond acceptors (Lipinski definition) is 5. The third-order valence-corrected chi connectivity index (χ3v) is 7.71. The van der Waals surface area contributed by atoms with Crippen molar-refractivity contribution in [3.05, 3.63) is 45.4 Å². The summed E-state index contributed by atoms with van der Waals surface area (Å²) in [7, 11) is -1.63. The minimum atomic E-state index is -3.36. The Labute approximate surface area is 194 Å². The van der Waals surface area contributed by atoms with Crippen LogP contribution in [0.25, 0.3) is 0 Å². The summed E-state index contributed by atoms with van der Waals surface area (Å²) < 4.78 is 26.7. The molecule has 2 aromatic rings. The van der Waals surface area contributed by atoms with Gasteiger partial charge in [0.2, 0.25) is 10.0 Å². The molecule has 2 heterocycles. The molecule has 0 amide bonds. The Kier molecular flexibility index (Phi) is 8.86. The third kappa shape index (κ3) is 6.12. The predicted molar refractivity (Wildman–Crippen MR) is 128 cm³/mol. The van der Waals surface area contributed by atoms with Crippen LogP contribution in [0.3, 0.4) is 0 Å². The smallest absolute Gasteiger partial charge is 0.243 e. The highest BCUT2D eigenvalue weighted by molar-refractivity contribution is 14.0. The van der Waals surface area contributed by atoms with Gasteiger partial charge in [-0.05, 0) is 44.4 Å². The number of guanidine groups is 1. The molecule has 1 aliphatic heterocycles. The van der Waals surface area contributed by atoms with Crippen molar-refractivity contribution < 1.29 is 8.42 Å². The number of nitrogens with one attached hydrogen (secondary N) is 2. The molecule has 0 aliphatic carbocycles. The van der Waals surface area contributed by atoms with Crippen LogP contribution < -0.4 is 10.6 Å². The van der Waals surface area contributed by atoms with Crippen molar-refractivity contribution in [3.8, 4) is 0 Å². The van der Waals surface area contributed by atoms with Crippen LogP contribution in [-0.4, -0.2) is 43.8 Å². The Balaban J connectivity index is 0.00000300. The van der Waals surface area contributed by atoms with Gasteiger partial charge >= 0.3 is 0 Å². The van der Waals surface area contributed by atoms with Crippen molar-refractivity contribution in [2.75, 3.05) is 20.1 Å². The number of aromatic nitrogens is 1. The first-order chi connectivity index (χ1) is 13.4. The molecule has 7 nitrogen and oxygen atoms in total. The standard InChI is InChI=1S/C19H27N5O2S2.HI/c1-14-18(27-15(2)23-14)13-22-19(20-3)21-12-16-6-8-17(9-7-16)28(25,26)24-10-4-5-11-24;/h6-9H,4-5,10-13H2,1-3H3,(H2,20,21,22);1H. The number of thiazole rings is 1. The van der Waals surface area contributed by atoms with Crippen LogP contribution >= 0.6 is 35.3 Å². The molecule has 0 bridgehead atoms. The van der Waals surface area contributed by atoms with Gasteiger partial charge in [0.15, 0.2) is 5.96 Å². The van der Waals surface area contributed by atoms with Crippen LogP contribution in [0.2, 0.25) is 0 Å². The highest BCUT2D eigenvalue weighted by Gasteiger charge is 2.26. The maximum atomic E-state index is 12.6. The first kappa shape index (κ1) is 24.0. The Hall–Kier alpha value is -1.24. The van der Waals surface area contributed by atoms with Crippen molar-refractivity contribution in [2.45, 2.75) is 44.7 Å². The zero-order chi connectivity index (χ0) is 20.1. The Morgan fingerprint density at radius 1 is 1.14 bits per heavy atom. The number of aliphatic imine (C=N–C) groups is 1. The van der Waals surface area contributed by atoms with Gasteiger partial charge in [-0.2, -0.15) is 4.31 Å². The van der Waals surface area contributed by atoms with Crippen LogP contribution in [0, 0.1) is 13.8 Å². The largest absolute Gasteiger partial charge is 0.352 e. The van der Waals surface area contributed by atoms with Crippen molar-refractivity contribution in [1.29, 1.82) is 0 Å². The van der Waals surface area contributed by atoms with E-state index >= 15 is 0 Å². The summed E-state index contributed by atoms with van der Waals surface area (Å²) in [6.45, 7) is 6.48. The van der Waals surface area contributed by atoms with E-state index in [9.17, 15) is 8.42 Å². The molecule has 3 rings (SSSR count). The van der Waals surface area contributed by atoms with Crippen LogP contribution in [0.5, 0.6) is 0 Å². The average Bonchev–Trinajstić information content (AvgIpc) is 3.32. The number of aryl methyl sites for hydroxylation is 2. The van der Waals surface area contributed by atoms with Crippen LogP contribution in [0.1, 0.15) is 34.0 Å². The van der Waals surface area contributed by atoms with Crippen molar-refractivity contribution >= 4 is 51.3 Å². The summed E-state index contributed by atoms with van der Waals surface area (Å²) in [6, 6.07) is 7.06. The molecule has 29 heavy (non-hydrogen) atoms. The summed E-state index contributed by atoms with van der Waals surface area (Å²) in [5.41, 5.74) is 2.04.